The fraction of sp³-hybridized carbons (Fsp3) is 0.462. The zero-order valence-corrected chi connectivity index (χ0v) is 11.5. The Kier molecular flexibility index (Phi) is 3.30. The van der Waals surface area contributed by atoms with Gasteiger partial charge in [0.2, 0.25) is 0 Å². The molecule has 4 unspecified atom stereocenters. The molecule has 1 fully saturated rings. The van der Waals surface area contributed by atoms with E-state index in [-0.39, 0.29) is 16.9 Å². The van der Waals surface area contributed by atoms with Crippen LogP contribution in [0.25, 0.3) is 0 Å². The number of hydrogen-bond donors (Lipinski definition) is 1. The van der Waals surface area contributed by atoms with E-state index < -0.39 is 11.5 Å². The molecule has 17 heavy (non-hydrogen) atoms. The summed E-state index contributed by atoms with van der Waals surface area (Å²) in [7, 11) is 0. The molecule has 2 rings (SSSR count). The number of esters is 1. The number of rotatable bonds is 2. The quantitative estimate of drug-likeness (QED) is 0.663. The molecule has 1 aromatic carbocycles. The Morgan fingerprint density at radius 3 is 2.41 bits per heavy atom. The summed E-state index contributed by atoms with van der Waals surface area (Å²) in [5.74, 6) is -0.894. The molecule has 1 radical (unpaired) electrons. The summed E-state index contributed by atoms with van der Waals surface area (Å²) in [6.07, 6.45) is -0.192. The van der Waals surface area contributed by atoms with E-state index in [1.165, 1.54) is 0 Å². The Hall–Kier alpha value is -0.831. The third-order valence-electron chi connectivity index (χ3n) is 3.31. The van der Waals surface area contributed by atoms with Crippen molar-refractivity contribution in [2.24, 2.45) is 5.92 Å². The molecule has 1 aliphatic heterocycles. The van der Waals surface area contributed by atoms with Crippen LogP contribution in [0.1, 0.15) is 19.4 Å². The van der Waals surface area contributed by atoms with Crippen molar-refractivity contribution in [3.05, 3.63) is 35.9 Å². The van der Waals surface area contributed by atoms with Crippen molar-refractivity contribution in [1.29, 1.82) is 0 Å². The summed E-state index contributed by atoms with van der Waals surface area (Å²) in [5, 5.41) is 10.6. The van der Waals surface area contributed by atoms with Gasteiger partial charge in [0.15, 0.2) is 0 Å². The van der Waals surface area contributed by atoms with Gasteiger partial charge >= 0.3 is 109 Å². The van der Waals surface area contributed by atoms with Crippen LogP contribution in [0.5, 0.6) is 0 Å². The molecule has 3 nitrogen and oxygen atoms in total. The second-order valence-electron chi connectivity index (χ2n) is 4.60. The van der Waals surface area contributed by atoms with Crippen molar-refractivity contribution in [2.75, 3.05) is 0 Å². The molecule has 0 spiro atoms. The first-order valence-corrected chi connectivity index (χ1v) is 6.57. The van der Waals surface area contributed by atoms with E-state index in [0.717, 1.165) is 5.56 Å². The maximum absolute atomic E-state index is 11.8. The average molecular weight is 298 g/mol. The molecular formula is C13H15O3Se. The molecule has 0 bridgehead atoms. The fourth-order valence-corrected chi connectivity index (χ4v) is 3.14. The monoisotopic (exact) mass is 299 g/mol. The van der Waals surface area contributed by atoms with E-state index in [0.29, 0.717) is 0 Å². The molecule has 4 atom stereocenters. The first-order chi connectivity index (χ1) is 7.94. The van der Waals surface area contributed by atoms with Gasteiger partial charge in [0.1, 0.15) is 0 Å². The molecule has 0 saturated carbocycles. The van der Waals surface area contributed by atoms with Gasteiger partial charge in [-0.1, -0.05) is 0 Å². The Labute approximate surface area is 109 Å². The standard InChI is InChI=1S/C13H15O3Se/c1-8-11(17)10(12(14)16-8)13(2,15)9-6-4-3-5-7-9/h3-8,10-11,15H,1-2H3. The minimum atomic E-state index is -1.21. The van der Waals surface area contributed by atoms with Crippen molar-refractivity contribution in [3.63, 3.8) is 0 Å². The number of cyclic esters (lactones) is 1. The van der Waals surface area contributed by atoms with Crippen LogP contribution in [-0.4, -0.2) is 33.2 Å². The van der Waals surface area contributed by atoms with E-state index in [2.05, 4.69) is 16.0 Å². The van der Waals surface area contributed by atoms with E-state index in [9.17, 15) is 9.90 Å². The molecule has 1 heterocycles. The number of hydrogen-bond acceptors (Lipinski definition) is 3. The topological polar surface area (TPSA) is 46.5 Å². The average Bonchev–Trinajstić information content (AvgIpc) is 2.54. The second-order valence-corrected chi connectivity index (χ2v) is 5.74. The minimum absolute atomic E-state index is 0.113. The van der Waals surface area contributed by atoms with E-state index in [1.54, 1.807) is 6.92 Å². The molecule has 0 aromatic heterocycles. The Bertz CT molecular complexity index is 416. The summed E-state index contributed by atoms with van der Waals surface area (Å²) in [6, 6.07) is 9.22. The van der Waals surface area contributed by atoms with E-state index >= 15 is 0 Å². The zero-order valence-electron chi connectivity index (χ0n) is 9.79. The molecule has 1 aliphatic rings. The predicted octanol–water partition coefficient (Wildman–Crippen LogP) is 1.41. The third-order valence-corrected chi connectivity index (χ3v) is 4.69. The summed E-state index contributed by atoms with van der Waals surface area (Å²) in [6.45, 7) is 3.50. The van der Waals surface area contributed by atoms with Gasteiger partial charge in [-0.2, -0.15) is 0 Å². The SMILES string of the molecule is CC1OC(=O)C(C(C)(O)c2ccccc2)C1[Se]. The molecule has 1 saturated heterocycles. The van der Waals surface area contributed by atoms with Crippen LogP contribution in [0.15, 0.2) is 30.3 Å². The van der Waals surface area contributed by atoms with Crippen molar-refractivity contribution < 1.29 is 14.6 Å². The number of carbonyl (C=O) groups excluding carboxylic acids is 1. The van der Waals surface area contributed by atoms with E-state index in [1.807, 2.05) is 37.3 Å². The molecule has 1 N–H and O–H groups in total. The Balaban J connectivity index is 2.36. The summed E-state index contributed by atoms with van der Waals surface area (Å²) < 4.78 is 5.16. The van der Waals surface area contributed by atoms with Crippen molar-refractivity contribution >= 4 is 22.0 Å². The van der Waals surface area contributed by atoms with Gasteiger partial charge in [-0.3, -0.25) is 0 Å². The van der Waals surface area contributed by atoms with Gasteiger partial charge in [0.05, 0.1) is 0 Å². The van der Waals surface area contributed by atoms with Gasteiger partial charge < -0.3 is 0 Å². The van der Waals surface area contributed by atoms with E-state index in [4.69, 9.17) is 4.74 Å². The van der Waals surface area contributed by atoms with Crippen LogP contribution in [-0.2, 0) is 15.1 Å². The number of ether oxygens (including phenoxy) is 1. The van der Waals surface area contributed by atoms with Crippen LogP contribution in [0, 0.1) is 5.92 Å². The van der Waals surface area contributed by atoms with Gasteiger partial charge in [-0.15, -0.1) is 0 Å². The summed E-state index contributed by atoms with van der Waals surface area (Å²) in [5.41, 5.74) is -0.477. The van der Waals surface area contributed by atoms with Crippen molar-refractivity contribution in [1.82, 2.24) is 0 Å². The predicted molar refractivity (Wildman–Crippen MR) is 64.6 cm³/mol. The summed E-state index contributed by atoms with van der Waals surface area (Å²) >= 11 is 2.94. The number of aliphatic hydroxyl groups is 1. The van der Waals surface area contributed by atoms with Crippen LogP contribution in [0.4, 0.5) is 0 Å². The molecule has 0 aliphatic carbocycles. The number of benzene rings is 1. The van der Waals surface area contributed by atoms with Crippen LogP contribution in [0.2, 0.25) is 4.82 Å². The zero-order chi connectivity index (χ0) is 12.6. The molecule has 91 valence electrons. The molecule has 1 aromatic rings. The van der Waals surface area contributed by atoms with Gasteiger partial charge in [0, 0.05) is 0 Å². The van der Waals surface area contributed by atoms with Gasteiger partial charge in [0.25, 0.3) is 0 Å². The van der Waals surface area contributed by atoms with Gasteiger partial charge in [-0.05, 0) is 0 Å². The Morgan fingerprint density at radius 2 is 1.94 bits per heavy atom. The van der Waals surface area contributed by atoms with Crippen molar-refractivity contribution in [3.8, 4) is 0 Å². The van der Waals surface area contributed by atoms with Crippen LogP contribution >= 0.6 is 0 Å². The molecule has 4 heteroatoms. The van der Waals surface area contributed by atoms with Crippen molar-refractivity contribution in [2.45, 2.75) is 30.4 Å². The maximum atomic E-state index is 11.8. The van der Waals surface area contributed by atoms with Crippen LogP contribution in [0.3, 0.4) is 0 Å². The fourth-order valence-electron chi connectivity index (χ4n) is 2.23. The summed E-state index contributed by atoms with van der Waals surface area (Å²) in [4.78, 5) is 11.7. The van der Waals surface area contributed by atoms with Crippen LogP contribution < -0.4 is 0 Å². The molecular weight excluding hydrogens is 283 g/mol. The Morgan fingerprint density at radius 1 is 1.35 bits per heavy atom. The third kappa shape index (κ3) is 2.13. The second kappa shape index (κ2) is 4.45. The first-order valence-electron chi connectivity index (χ1n) is 5.59. The number of carbonyl (C=O) groups is 1. The first kappa shape index (κ1) is 12.6. The normalized spacial score (nSPS) is 32.0. The molecule has 0 amide bonds. The van der Waals surface area contributed by atoms with Gasteiger partial charge in [-0.25, -0.2) is 0 Å².